The number of thiophene rings is 1. The summed E-state index contributed by atoms with van der Waals surface area (Å²) >= 11 is 9.13. The lowest BCUT2D eigenvalue weighted by Crippen LogP contribution is -2.21. The van der Waals surface area contributed by atoms with Crippen molar-refractivity contribution in [1.82, 2.24) is 5.32 Å². The maximum atomic E-state index is 3.73. The van der Waals surface area contributed by atoms with Crippen molar-refractivity contribution in [3.8, 4) is 0 Å². The van der Waals surface area contributed by atoms with Crippen molar-refractivity contribution >= 4 is 43.2 Å². The van der Waals surface area contributed by atoms with E-state index in [4.69, 9.17) is 0 Å². The molecule has 0 aromatic carbocycles. The highest BCUT2D eigenvalue weighted by Gasteiger charge is 2.66. The molecule has 3 fully saturated rings. The van der Waals surface area contributed by atoms with E-state index < -0.39 is 0 Å². The molecule has 5 atom stereocenters. The molecule has 3 saturated carbocycles. The van der Waals surface area contributed by atoms with Gasteiger partial charge >= 0.3 is 0 Å². The molecule has 3 aliphatic rings. The molecule has 3 aliphatic carbocycles. The Morgan fingerprint density at radius 1 is 1.28 bits per heavy atom. The third-order valence-electron chi connectivity index (χ3n) is 5.51. The summed E-state index contributed by atoms with van der Waals surface area (Å²) in [6, 6.07) is 2.85. The van der Waals surface area contributed by atoms with Gasteiger partial charge in [0, 0.05) is 6.04 Å². The first-order valence-electron chi connectivity index (χ1n) is 6.82. The molecule has 0 radical (unpaired) electrons. The van der Waals surface area contributed by atoms with Crippen LogP contribution in [0.5, 0.6) is 0 Å². The summed E-state index contributed by atoms with van der Waals surface area (Å²) in [6.45, 7) is 0. The largest absolute Gasteiger partial charge is 0.313 e. The summed E-state index contributed by atoms with van der Waals surface area (Å²) in [7, 11) is 2.12. The molecule has 0 spiro atoms. The second kappa shape index (κ2) is 4.31. The summed E-state index contributed by atoms with van der Waals surface area (Å²) in [5, 5.41) is 3.59. The number of nitrogens with one attached hydrogen (secondary N) is 1. The van der Waals surface area contributed by atoms with Crippen LogP contribution in [0, 0.1) is 29.6 Å². The molecule has 1 heterocycles. The van der Waals surface area contributed by atoms with Crippen molar-refractivity contribution in [2.24, 2.45) is 29.6 Å². The van der Waals surface area contributed by atoms with E-state index in [9.17, 15) is 0 Å². The van der Waals surface area contributed by atoms with Crippen molar-refractivity contribution < 1.29 is 0 Å². The normalized spacial score (nSPS) is 42.1. The van der Waals surface area contributed by atoms with Gasteiger partial charge in [0.15, 0.2) is 0 Å². The minimum atomic E-state index is 0.556. The van der Waals surface area contributed by atoms with Gasteiger partial charge in [0.2, 0.25) is 0 Å². The van der Waals surface area contributed by atoms with E-state index in [1.54, 1.807) is 11.3 Å². The summed E-state index contributed by atoms with van der Waals surface area (Å²) in [4.78, 5) is 0. The zero-order chi connectivity index (χ0) is 12.4. The average Bonchev–Trinajstić information content (AvgIpc) is 2.68. The van der Waals surface area contributed by atoms with E-state index >= 15 is 0 Å². The van der Waals surface area contributed by atoms with Gasteiger partial charge in [-0.25, -0.2) is 0 Å². The van der Waals surface area contributed by atoms with E-state index in [1.807, 2.05) is 0 Å². The van der Waals surface area contributed by atoms with Crippen LogP contribution in [0.15, 0.2) is 13.6 Å². The quantitative estimate of drug-likeness (QED) is 0.779. The molecule has 1 aromatic heterocycles. The van der Waals surface area contributed by atoms with Crippen LogP contribution in [0.2, 0.25) is 0 Å². The highest BCUT2D eigenvalue weighted by atomic mass is 79.9. The van der Waals surface area contributed by atoms with Crippen molar-refractivity contribution in [3.63, 3.8) is 0 Å². The Morgan fingerprint density at radius 3 is 2.44 bits per heavy atom. The first-order chi connectivity index (χ1) is 8.70. The van der Waals surface area contributed by atoms with E-state index in [0.717, 1.165) is 29.6 Å². The third-order valence-corrected chi connectivity index (χ3v) is 7.89. The Labute approximate surface area is 129 Å². The maximum Gasteiger partial charge on any atom is 0.0758 e. The first-order valence-corrected chi connectivity index (χ1v) is 9.23. The molecule has 0 saturated heterocycles. The van der Waals surface area contributed by atoms with Crippen LogP contribution in [0.3, 0.4) is 0 Å². The lowest BCUT2D eigenvalue weighted by molar-refractivity contribution is 0.385. The topological polar surface area (TPSA) is 12.0 Å². The van der Waals surface area contributed by atoms with Crippen LogP contribution >= 0.6 is 43.2 Å². The van der Waals surface area contributed by atoms with Crippen molar-refractivity contribution in [2.75, 3.05) is 7.05 Å². The molecule has 4 rings (SSSR count). The first kappa shape index (κ1) is 12.4. The maximum absolute atomic E-state index is 3.73. The third kappa shape index (κ3) is 1.65. The zero-order valence-corrected chi connectivity index (χ0v) is 14.3. The van der Waals surface area contributed by atoms with Gasteiger partial charge in [-0.15, -0.1) is 11.3 Å². The van der Waals surface area contributed by atoms with Gasteiger partial charge < -0.3 is 5.32 Å². The van der Waals surface area contributed by atoms with Gasteiger partial charge in [-0.1, -0.05) is 0 Å². The lowest BCUT2D eigenvalue weighted by Gasteiger charge is -2.19. The molecule has 5 unspecified atom stereocenters. The van der Waals surface area contributed by atoms with Crippen LogP contribution in [0.4, 0.5) is 0 Å². The average molecular weight is 391 g/mol. The van der Waals surface area contributed by atoms with Gasteiger partial charge in [-0.3, -0.25) is 0 Å². The van der Waals surface area contributed by atoms with E-state index in [0.29, 0.717) is 6.04 Å². The molecule has 0 amide bonds. The Balaban J connectivity index is 1.62. The highest BCUT2D eigenvalue weighted by molar-refractivity contribution is 9.12. The Morgan fingerprint density at radius 2 is 1.94 bits per heavy atom. The molecule has 0 aliphatic heterocycles. The minimum Gasteiger partial charge on any atom is -0.313 e. The summed E-state index contributed by atoms with van der Waals surface area (Å²) in [6.07, 6.45) is 4.55. The van der Waals surface area contributed by atoms with Gasteiger partial charge in [-0.05, 0) is 99.4 Å². The predicted molar refractivity (Wildman–Crippen MR) is 82.8 cm³/mol. The van der Waals surface area contributed by atoms with Crippen LogP contribution < -0.4 is 5.32 Å². The number of hydrogen-bond donors (Lipinski definition) is 1. The SMILES string of the molecule is CNC(c1cc(Br)sc1Br)C1C2C3CCC(C3)C21. The van der Waals surface area contributed by atoms with Gasteiger partial charge in [-0.2, -0.15) is 0 Å². The molecule has 1 N–H and O–H groups in total. The standard InChI is InChI=1S/C14H17Br2NS/c1-17-13(8-5-9(15)18-14(8)16)12-10-6-2-3-7(4-6)11(10)12/h5-7,10-13,17H,2-4H2,1H3. The predicted octanol–water partition coefficient (Wildman–Crippen LogP) is 4.83. The van der Waals surface area contributed by atoms with E-state index in [1.165, 1.54) is 32.4 Å². The van der Waals surface area contributed by atoms with Crippen molar-refractivity contribution in [1.29, 1.82) is 0 Å². The van der Waals surface area contributed by atoms with Crippen molar-refractivity contribution in [3.05, 3.63) is 19.2 Å². The second-order valence-corrected chi connectivity index (χ2v) is 9.86. The van der Waals surface area contributed by atoms with Crippen LogP contribution in [-0.4, -0.2) is 7.05 Å². The Bertz CT molecular complexity index is 470. The zero-order valence-electron chi connectivity index (χ0n) is 10.3. The van der Waals surface area contributed by atoms with Crippen LogP contribution in [0.25, 0.3) is 0 Å². The molecule has 1 nitrogen and oxygen atoms in total. The fourth-order valence-corrected chi connectivity index (χ4v) is 7.89. The van der Waals surface area contributed by atoms with Gasteiger partial charge in [0.25, 0.3) is 0 Å². The monoisotopic (exact) mass is 389 g/mol. The Hall–Kier alpha value is 0.620. The molecule has 2 bridgehead atoms. The number of rotatable bonds is 3. The molecule has 4 heteroatoms. The van der Waals surface area contributed by atoms with E-state index in [-0.39, 0.29) is 0 Å². The van der Waals surface area contributed by atoms with Gasteiger partial charge in [0.1, 0.15) is 0 Å². The van der Waals surface area contributed by atoms with Gasteiger partial charge in [0.05, 0.1) is 7.57 Å². The Kier molecular flexibility index (Phi) is 2.96. The fraction of sp³-hybridized carbons (Fsp3) is 0.714. The number of fused-ring (bicyclic) bond motifs is 5. The number of halogens is 2. The van der Waals surface area contributed by atoms with Crippen LogP contribution in [-0.2, 0) is 0 Å². The second-order valence-electron chi connectivity index (χ2n) is 6.11. The molecule has 98 valence electrons. The minimum absolute atomic E-state index is 0.556. The summed E-state index contributed by atoms with van der Waals surface area (Å²) in [5.41, 5.74) is 1.47. The summed E-state index contributed by atoms with van der Waals surface area (Å²) < 4.78 is 2.53. The molecular weight excluding hydrogens is 374 g/mol. The van der Waals surface area contributed by atoms with E-state index in [2.05, 4.69) is 50.3 Å². The van der Waals surface area contributed by atoms with Crippen LogP contribution in [0.1, 0.15) is 30.9 Å². The highest BCUT2D eigenvalue weighted by Crippen LogP contribution is 2.72. The number of hydrogen-bond acceptors (Lipinski definition) is 2. The summed E-state index contributed by atoms with van der Waals surface area (Å²) in [5.74, 6) is 5.08. The smallest absolute Gasteiger partial charge is 0.0758 e. The van der Waals surface area contributed by atoms with Crippen molar-refractivity contribution in [2.45, 2.75) is 25.3 Å². The molecule has 18 heavy (non-hydrogen) atoms. The molecular formula is C14H17Br2NS. The lowest BCUT2D eigenvalue weighted by atomic mass is 9.94. The fourth-order valence-electron chi connectivity index (χ4n) is 4.96. The molecule has 1 aromatic rings.